The van der Waals surface area contributed by atoms with Gasteiger partial charge in [-0.25, -0.2) is 13.1 Å². The third-order valence-electron chi connectivity index (χ3n) is 4.60. The number of ether oxygens (including phenoxy) is 1. The van der Waals surface area contributed by atoms with E-state index in [1.807, 2.05) is 0 Å². The number of alkyl halides is 3. The van der Waals surface area contributed by atoms with Gasteiger partial charge in [0.05, 0.1) is 11.0 Å². The second-order valence-electron chi connectivity index (χ2n) is 6.72. The maximum atomic E-state index is 12.5. The molecule has 2 aromatic rings. The molecule has 5 nitrogen and oxygen atoms in total. The van der Waals surface area contributed by atoms with E-state index in [2.05, 4.69) is 9.46 Å². The Labute approximate surface area is 161 Å². The largest absolute Gasteiger partial charge is 0.573 e. The predicted molar refractivity (Wildman–Crippen MR) is 97.1 cm³/mol. The molecule has 0 heterocycles. The lowest BCUT2D eigenvalue weighted by Gasteiger charge is -2.26. The van der Waals surface area contributed by atoms with Gasteiger partial charge in [-0.05, 0) is 61.1 Å². The van der Waals surface area contributed by atoms with Gasteiger partial charge < -0.3 is 9.84 Å². The van der Waals surface area contributed by atoms with Crippen LogP contribution in [0, 0.1) is 0 Å². The molecule has 0 radical (unpaired) electrons. The molecule has 2 N–H and O–H groups in total. The molecule has 1 fully saturated rings. The minimum Gasteiger partial charge on any atom is -0.406 e. The molecule has 0 spiro atoms. The molecule has 0 aromatic heterocycles. The quantitative estimate of drug-likeness (QED) is 0.778. The fourth-order valence-electron chi connectivity index (χ4n) is 3.16. The first-order chi connectivity index (χ1) is 13.1. The maximum absolute atomic E-state index is 12.5. The number of hydrogen-bond acceptors (Lipinski definition) is 4. The summed E-state index contributed by atoms with van der Waals surface area (Å²) in [6, 6.07) is 11.2. The minimum atomic E-state index is -4.75. The molecule has 2 aromatic carbocycles. The molecule has 0 atom stereocenters. The van der Waals surface area contributed by atoms with Crippen molar-refractivity contribution < 1.29 is 31.4 Å². The van der Waals surface area contributed by atoms with E-state index >= 15 is 0 Å². The minimum absolute atomic E-state index is 0.111. The Morgan fingerprint density at radius 3 is 1.89 bits per heavy atom. The average molecular weight is 415 g/mol. The van der Waals surface area contributed by atoms with Crippen molar-refractivity contribution in [1.29, 1.82) is 0 Å². The molecule has 28 heavy (non-hydrogen) atoms. The fraction of sp³-hybridized carbons (Fsp3) is 0.368. The number of hydrogen-bond donors (Lipinski definition) is 2. The molecule has 0 saturated heterocycles. The first kappa shape index (κ1) is 20.6. The van der Waals surface area contributed by atoms with Crippen molar-refractivity contribution in [1.82, 2.24) is 4.72 Å². The standard InChI is InChI=1S/C19H20F3NO4S/c20-19(21,22)27-17-9-1-13(2-10-17)14-3-11-18(12-4-14)28(25,26)23-15-5-7-16(24)8-6-15/h1-4,9-12,15-16,23-24H,5-8H2/t15-,16-. The second-order valence-corrected chi connectivity index (χ2v) is 8.44. The van der Waals surface area contributed by atoms with E-state index in [1.54, 1.807) is 12.1 Å². The summed E-state index contributed by atoms with van der Waals surface area (Å²) in [5, 5.41) is 9.51. The van der Waals surface area contributed by atoms with Crippen molar-refractivity contribution >= 4 is 10.0 Å². The topological polar surface area (TPSA) is 75.6 Å². The summed E-state index contributed by atoms with van der Waals surface area (Å²) >= 11 is 0. The Kier molecular flexibility index (Phi) is 5.97. The molecular weight excluding hydrogens is 395 g/mol. The zero-order chi connectivity index (χ0) is 20.4. The molecule has 3 rings (SSSR count). The van der Waals surface area contributed by atoms with Crippen LogP contribution in [0.5, 0.6) is 5.75 Å². The molecule has 0 bridgehead atoms. The lowest BCUT2D eigenvalue weighted by molar-refractivity contribution is -0.274. The zero-order valence-corrected chi connectivity index (χ0v) is 15.6. The van der Waals surface area contributed by atoms with Gasteiger partial charge in [0.1, 0.15) is 5.75 Å². The van der Waals surface area contributed by atoms with E-state index in [1.165, 1.54) is 36.4 Å². The number of aliphatic hydroxyl groups excluding tert-OH is 1. The third-order valence-corrected chi connectivity index (χ3v) is 6.14. The Balaban J connectivity index is 1.69. The second kappa shape index (κ2) is 8.10. The highest BCUT2D eigenvalue weighted by atomic mass is 32.2. The zero-order valence-electron chi connectivity index (χ0n) is 14.8. The summed E-state index contributed by atoms with van der Waals surface area (Å²) in [7, 11) is -3.68. The van der Waals surface area contributed by atoms with Crippen molar-refractivity contribution in [3.8, 4) is 16.9 Å². The number of halogens is 3. The van der Waals surface area contributed by atoms with Crippen LogP contribution in [-0.4, -0.2) is 32.0 Å². The van der Waals surface area contributed by atoms with Gasteiger partial charge in [-0.15, -0.1) is 13.2 Å². The summed E-state index contributed by atoms with van der Waals surface area (Å²) in [4.78, 5) is 0.111. The third kappa shape index (κ3) is 5.46. The summed E-state index contributed by atoms with van der Waals surface area (Å²) < 4.78 is 68.1. The van der Waals surface area contributed by atoms with Gasteiger partial charge in [-0.1, -0.05) is 24.3 Å². The SMILES string of the molecule is O=S(=O)(N[C@H]1CC[C@H](O)CC1)c1ccc(-c2ccc(OC(F)(F)F)cc2)cc1. The van der Waals surface area contributed by atoms with Gasteiger partial charge in [0.2, 0.25) is 10.0 Å². The van der Waals surface area contributed by atoms with Crippen molar-refractivity contribution in [3.05, 3.63) is 48.5 Å². The number of sulfonamides is 1. The van der Waals surface area contributed by atoms with Gasteiger partial charge in [0.15, 0.2) is 0 Å². The molecular formula is C19H20F3NO4S. The van der Waals surface area contributed by atoms with Crippen LogP contribution in [0.15, 0.2) is 53.4 Å². The fourth-order valence-corrected chi connectivity index (χ4v) is 4.46. The van der Waals surface area contributed by atoms with Gasteiger partial charge in [0, 0.05) is 6.04 Å². The van der Waals surface area contributed by atoms with E-state index < -0.39 is 16.4 Å². The molecule has 1 saturated carbocycles. The highest BCUT2D eigenvalue weighted by molar-refractivity contribution is 7.89. The van der Waals surface area contributed by atoms with Crippen LogP contribution < -0.4 is 9.46 Å². The first-order valence-electron chi connectivity index (χ1n) is 8.79. The molecule has 9 heteroatoms. The number of benzene rings is 2. The number of nitrogens with one attached hydrogen (secondary N) is 1. The van der Waals surface area contributed by atoms with Crippen LogP contribution >= 0.6 is 0 Å². The van der Waals surface area contributed by atoms with E-state index in [-0.39, 0.29) is 22.8 Å². The Hall–Kier alpha value is -2.10. The number of aliphatic hydroxyl groups is 1. The normalized spacial score (nSPS) is 20.7. The van der Waals surface area contributed by atoms with Crippen LogP contribution in [0.3, 0.4) is 0 Å². The molecule has 1 aliphatic rings. The van der Waals surface area contributed by atoms with Crippen LogP contribution in [0.25, 0.3) is 11.1 Å². The first-order valence-corrected chi connectivity index (χ1v) is 10.3. The molecule has 0 aliphatic heterocycles. The van der Waals surface area contributed by atoms with E-state index in [9.17, 15) is 26.7 Å². The molecule has 0 unspecified atom stereocenters. The lowest BCUT2D eigenvalue weighted by atomic mass is 9.94. The van der Waals surface area contributed by atoms with Gasteiger partial charge >= 0.3 is 6.36 Å². The lowest BCUT2D eigenvalue weighted by Crippen LogP contribution is -2.38. The van der Waals surface area contributed by atoms with Crippen molar-refractivity contribution in [2.75, 3.05) is 0 Å². The van der Waals surface area contributed by atoms with Crippen molar-refractivity contribution in [2.45, 2.75) is 49.1 Å². The Morgan fingerprint density at radius 1 is 0.893 bits per heavy atom. The Morgan fingerprint density at radius 2 is 1.39 bits per heavy atom. The molecule has 1 aliphatic carbocycles. The number of rotatable bonds is 5. The van der Waals surface area contributed by atoms with Gasteiger partial charge in [-0.2, -0.15) is 0 Å². The van der Waals surface area contributed by atoms with E-state index in [4.69, 9.17) is 0 Å². The van der Waals surface area contributed by atoms with E-state index in [0.717, 1.165) is 0 Å². The monoisotopic (exact) mass is 415 g/mol. The van der Waals surface area contributed by atoms with E-state index in [0.29, 0.717) is 36.8 Å². The summed E-state index contributed by atoms with van der Waals surface area (Å²) in [6.07, 6.45) is -2.80. The highest BCUT2D eigenvalue weighted by Gasteiger charge is 2.31. The molecule has 152 valence electrons. The summed E-state index contributed by atoms with van der Waals surface area (Å²) in [5.41, 5.74) is 1.30. The van der Waals surface area contributed by atoms with Gasteiger partial charge in [-0.3, -0.25) is 0 Å². The van der Waals surface area contributed by atoms with Crippen LogP contribution in [-0.2, 0) is 10.0 Å². The smallest absolute Gasteiger partial charge is 0.406 e. The summed E-state index contributed by atoms with van der Waals surface area (Å²) in [5.74, 6) is -0.322. The highest BCUT2D eigenvalue weighted by Crippen LogP contribution is 2.27. The van der Waals surface area contributed by atoms with Crippen LogP contribution in [0.4, 0.5) is 13.2 Å². The maximum Gasteiger partial charge on any atom is 0.573 e. The van der Waals surface area contributed by atoms with Crippen molar-refractivity contribution in [3.63, 3.8) is 0 Å². The predicted octanol–water partition coefficient (Wildman–Crippen LogP) is 3.83. The van der Waals surface area contributed by atoms with Crippen LogP contribution in [0.1, 0.15) is 25.7 Å². The van der Waals surface area contributed by atoms with Crippen LogP contribution in [0.2, 0.25) is 0 Å². The average Bonchev–Trinajstić information content (AvgIpc) is 2.63. The summed E-state index contributed by atoms with van der Waals surface area (Å²) in [6.45, 7) is 0. The van der Waals surface area contributed by atoms with Gasteiger partial charge in [0.25, 0.3) is 0 Å². The molecule has 0 amide bonds. The van der Waals surface area contributed by atoms with Crippen molar-refractivity contribution in [2.24, 2.45) is 0 Å². The Bertz CT molecular complexity index is 888.